The summed E-state index contributed by atoms with van der Waals surface area (Å²) in [4.78, 5) is 15.5. The summed E-state index contributed by atoms with van der Waals surface area (Å²) in [6.45, 7) is 0.359. The molecule has 5 rings (SSSR count). The second kappa shape index (κ2) is 12.2. The van der Waals surface area contributed by atoms with Crippen molar-refractivity contribution in [2.24, 2.45) is 0 Å². The molecule has 3 aromatic carbocycles. The molecule has 0 radical (unpaired) electrons. The van der Waals surface area contributed by atoms with E-state index < -0.39 is 40.7 Å². The first-order valence-corrected chi connectivity index (χ1v) is 13.5. The van der Waals surface area contributed by atoms with Crippen LogP contribution >= 0.6 is 35.4 Å². The van der Waals surface area contributed by atoms with Gasteiger partial charge in [0, 0.05) is 42.5 Å². The van der Waals surface area contributed by atoms with Crippen molar-refractivity contribution in [3.05, 3.63) is 99.5 Å². The van der Waals surface area contributed by atoms with Gasteiger partial charge in [-0.2, -0.15) is 0 Å². The van der Waals surface area contributed by atoms with E-state index in [1.807, 2.05) is 4.90 Å². The van der Waals surface area contributed by atoms with Crippen LogP contribution in [-0.2, 0) is 0 Å². The lowest BCUT2D eigenvalue weighted by Gasteiger charge is -2.38. The van der Waals surface area contributed by atoms with Crippen LogP contribution in [0.25, 0.3) is 11.3 Å². The number of nitrogens with one attached hydrogen (secondary N) is 2. The number of rotatable bonds is 5. The molecule has 42 heavy (non-hydrogen) atoms. The average Bonchev–Trinajstić information content (AvgIpc) is 3.47. The number of benzene rings is 3. The molecule has 1 aromatic heterocycles. The van der Waals surface area contributed by atoms with E-state index in [2.05, 4.69) is 10.6 Å². The van der Waals surface area contributed by atoms with Crippen molar-refractivity contribution in [2.75, 3.05) is 41.3 Å². The maximum Gasteiger partial charge on any atom is 0.293 e. The highest BCUT2D eigenvalue weighted by atomic mass is 35.5. The van der Waals surface area contributed by atoms with E-state index in [1.54, 1.807) is 48.5 Å². The van der Waals surface area contributed by atoms with Gasteiger partial charge in [0.1, 0.15) is 11.4 Å². The van der Waals surface area contributed by atoms with Crippen molar-refractivity contribution in [2.45, 2.75) is 0 Å². The summed E-state index contributed by atoms with van der Waals surface area (Å²) in [5.41, 5.74) is 0.839. The summed E-state index contributed by atoms with van der Waals surface area (Å²) >= 11 is 17.6. The molecule has 1 fully saturated rings. The van der Waals surface area contributed by atoms with Gasteiger partial charge in [0.2, 0.25) is 5.82 Å². The van der Waals surface area contributed by atoms with E-state index in [0.29, 0.717) is 27.2 Å². The Hall–Kier alpha value is -3.87. The molecule has 0 atom stereocenters. The van der Waals surface area contributed by atoms with Crippen molar-refractivity contribution < 1.29 is 31.2 Å². The predicted molar refractivity (Wildman–Crippen MR) is 155 cm³/mol. The normalized spacial score (nSPS) is 13.3. The SMILES string of the molecule is O=C(NC(=S)Nc1ccc(N2CCN(c3c(F)c(F)c(F)c(F)c3F)CC2)c(Cl)c1)c1ccc(-c2ccc(Cl)cc2)o1. The lowest BCUT2D eigenvalue weighted by molar-refractivity contribution is 0.0951. The number of piperazine rings is 1. The number of amides is 1. The molecule has 0 unspecified atom stereocenters. The highest BCUT2D eigenvalue weighted by Gasteiger charge is 2.31. The summed E-state index contributed by atoms with van der Waals surface area (Å²) in [7, 11) is 0. The molecule has 4 aromatic rings. The zero-order valence-electron chi connectivity index (χ0n) is 21.3. The first kappa shape index (κ1) is 29.6. The number of furan rings is 1. The zero-order valence-corrected chi connectivity index (χ0v) is 23.6. The molecular weight excluding hydrogens is 622 g/mol. The first-order valence-electron chi connectivity index (χ1n) is 12.3. The topological polar surface area (TPSA) is 60.8 Å². The maximum atomic E-state index is 14.2. The molecule has 1 aliphatic heterocycles. The lowest BCUT2D eigenvalue weighted by Crippen LogP contribution is -2.47. The number of carbonyl (C=O) groups excluding carboxylic acids is 1. The van der Waals surface area contributed by atoms with Gasteiger partial charge in [0.15, 0.2) is 34.1 Å². The van der Waals surface area contributed by atoms with Crippen molar-refractivity contribution in [1.82, 2.24) is 5.32 Å². The molecule has 0 spiro atoms. The number of nitrogens with zero attached hydrogens (tertiary/aromatic N) is 2. The van der Waals surface area contributed by atoms with E-state index >= 15 is 0 Å². The fourth-order valence-corrected chi connectivity index (χ4v) is 5.08. The molecule has 2 N–H and O–H groups in total. The van der Waals surface area contributed by atoms with E-state index in [1.165, 1.54) is 6.07 Å². The number of carbonyl (C=O) groups is 1. The third-order valence-corrected chi connectivity index (χ3v) is 7.27. The van der Waals surface area contributed by atoms with Gasteiger partial charge in [-0.3, -0.25) is 10.1 Å². The van der Waals surface area contributed by atoms with Crippen LogP contribution in [0.15, 0.2) is 59.0 Å². The number of hydrogen-bond acceptors (Lipinski definition) is 5. The van der Waals surface area contributed by atoms with Gasteiger partial charge in [-0.1, -0.05) is 23.2 Å². The van der Waals surface area contributed by atoms with Gasteiger partial charge >= 0.3 is 0 Å². The highest BCUT2D eigenvalue weighted by molar-refractivity contribution is 7.80. The maximum absolute atomic E-state index is 14.2. The molecule has 6 nitrogen and oxygen atoms in total. The average molecular weight is 641 g/mol. The second-order valence-corrected chi connectivity index (χ2v) is 10.4. The van der Waals surface area contributed by atoms with Crippen LogP contribution in [0.5, 0.6) is 0 Å². The molecule has 1 amide bonds. The Kier molecular flexibility index (Phi) is 8.58. The van der Waals surface area contributed by atoms with Gasteiger partial charge in [-0.05, 0) is 66.8 Å². The van der Waals surface area contributed by atoms with Crippen molar-refractivity contribution in [1.29, 1.82) is 0 Å². The van der Waals surface area contributed by atoms with Crippen molar-refractivity contribution in [3.63, 3.8) is 0 Å². The summed E-state index contributed by atoms with van der Waals surface area (Å²) < 4.78 is 74.8. The Morgan fingerprint density at radius 2 is 1.38 bits per heavy atom. The second-order valence-electron chi connectivity index (χ2n) is 9.14. The Balaban J connectivity index is 1.19. The van der Waals surface area contributed by atoms with Crippen LogP contribution in [0.3, 0.4) is 0 Å². The zero-order chi connectivity index (χ0) is 30.1. The van der Waals surface area contributed by atoms with E-state index in [0.717, 1.165) is 10.5 Å². The monoisotopic (exact) mass is 640 g/mol. The molecule has 2 heterocycles. The summed E-state index contributed by atoms with van der Waals surface area (Å²) in [6, 6.07) is 15.0. The third kappa shape index (κ3) is 6.01. The quantitative estimate of drug-likeness (QED) is 0.103. The molecule has 218 valence electrons. The summed E-state index contributed by atoms with van der Waals surface area (Å²) in [5.74, 6) is -9.96. The van der Waals surface area contributed by atoms with Gasteiger partial charge in [-0.15, -0.1) is 0 Å². The number of anilines is 3. The number of thiocarbonyl (C=S) groups is 1. The van der Waals surface area contributed by atoms with Crippen LogP contribution in [0.4, 0.5) is 39.0 Å². The summed E-state index contributed by atoms with van der Waals surface area (Å²) in [5, 5.41) is 6.25. The fraction of sp³-hybridized carbons (Fsp3) is 0.143. The fourth-order valence-electron chi connectivity index (χ4n) is 4.44. The van der Waals surface area contributed by atoms with Crippen molar-refractivity contribution in [3.8, 4) is 11.3 Å². The minimum absolute atomic E-state index is 0.00955. The lowest BCUT2D eigenvalue weighted by atomic mass is 10.2. The molecular formula is C28H19Cl2F5N4O2S. The Morgan fingerprint density at radius 1 is 0.786 bits per heavy atom. The predicted octanol–water partition coefficient (Wildman–Crippen LogP) is 7.40. The van der Waals surface area contributed by atoms with Crippen molar-refractivity contribution >= 4 is 63.5 Å². The minimum atomic E-state index is -2.20. The Morgan fingerprint density at radius 3 is 2.00 bits per heavy atom. The van der Waals surface area contributed by atoms with E-state index in [9.17, 15) is 26.7 Å². The van der Waals surface area contributed by atoms with E-state index in [-0.39, 0.29) is 37.1 Å². The van der Waals surface area contributed by atoms with Gasteiger partial charge in [-0.25, -0.2) is 22.0 Å². The first-order chi connectivity index (χ1) is 20.0. The Bertz CT molecular complexity index is 1650. The Labute approximate surface area is 251 Å². The van der Waals surface area contributed by atoms with E-state index in [4.69, 9.17) is 39.8 Å². The molecule has 0 aliphatic carbocycles. The highest BCUT2D eigenvalue weighted by Crippen LogP contribution is 2.34. The van der Waals surface area contributed by atoms with Crippen LogP contribution in [0.1, 0.15) is 10.6 Å². The van der Waals surface area contributed by atoms with Gasteiger partial charge in [0.25, 0.3) is 5.91 Å². The molecule has 1 aliphatic rings. The minimum Gasteiger partial charge on any atom is -0.451 e. The largest absolute Gasteiger partial charge is 0.451 e. The van der Waals surface area contributed by atoms with Crippen LogP contribution in [0, 0.1) is 29.1 Å². The third-order valence-electron chi connectivity index (χ3n) is 6.51. The molecule has 0 saturated carbocycles. The van der Waals surface area contributed by atoms with Crippen LogP contribution in [0.2, 0.25) is 10.0 Å². The molecule has 14 heteroatoms. The summed E-state index contributed by atoms with van der Waals surface area (Å²) in [6.07, 6.45) is 0. The van der Waals surface area contributed by atoms with Gasteiger partial charge < -0.3 is 19.5 Å². The number of halogens is 7. The van der Waals surface area contributed by atoms with Crippen LogP contribution < -0.4 is 20.4 Å². The van der Waals surface area contributed by atoms with Crippen LogP contribution in [-0.4, -0.2) is 37.2 Å². The van der Waals surface area contributed by atoms with Gasteiger partial charge in [0.05, 0.1) is 10.7 Å². The number of hydrogen-bond donors (Lipinski definition) is 2. The molecule has 0 bridgehead atoms. The standard InChI is InChI=1S/C28H19Cl2F5N4O2S/c29-15-3-1-14(2-4-15)19-7-8-20(41-19)27(40)37-28(42)36-16-5-6-18(17(30)13-16)38-9-11-39(12-10-38)26-24(34)22(32)21(31)23(33)25(26)35/h1-8,13H,9-12H2,(H2,36,37,40,42). The molecule has 1 saturated heterocycles. The smallest absolute Gasteiger partial charge is 0.293 e.